The summed E-state index contributed by atoms with van der Waals surface area (Å²) in [6.45, 7) is 1.80. The molecule has 1 aromatic carbocycles. The summed E-state index contributed by atoms with van der Waals surface area (Å²) in [5.74, 6) is 0. The molecule has 1 aliphatic rings. The van der Waals surface area contributed by atoms with Gasteiger partial charge in [-0.25, -0.2) is 0 Å². The number of rotatable bonds is 2. The molecule has 1 atom stereocenters. The van der Waals surface area contributed by atoms with Crippen LogP contribution in [-0.2, 0) is 13.0 Å². The molecule has 0 saturated carbocycles. The minimum atomic E-state index is 0.218. The first kappa shape index (κ1) is 12.0. The molecule has 0 spiro atoms. The van der Waals surface area contributed by atoms with Crippen molar-refractivity contribution in [1.29, 1.82) is 0 Å². The van der Waals surface area contributed by atoms with Gasteiger partial charge in [-0.2, -0.15) is 0 Å². The number of fused-ring (bicyclic) bond motifs is 1. The third-order valence-electron chi connectivity index (χ3n) is 3.24. The Hall–Kier alpha value is -1.03. The maximum Gasteiger partial charge on any atom is 0.0931 e. The summed E-state index contributed by atoms with van der Waals surface area (Å²) in [6, 6.07) is 12.8. The third kappa shape index (κ3) is 2.39. The Bertz CT molecular complexity index is 552. The van der Waals surface area contributed by atoms with Crippen molar-refractivity contribution in [3.05, 3.63) is 51.2 Å². The van der Waals surface area contributed by atoms with Crippen molar-refractivity contribution in [3.63, 3.8) is 0 Å². The molecule has 2 N–H and O–H groups in total. The normalized spacial score (nSPS) is 18.8. The van der Waals surface area contributed by atoms with Crippen molar-refractivity contribution >= 4 is 28.6 Å². The molecule has 0 bridgehead atoms. The van der Waals surface area contributed by atoms with Crippen molar-refractivity contribution in [1.82, 2.24) is 0 Å². The van der Waals surface area contributed by atoms with Crippen LogP contribution in [0.15, 0.2) is 36.4 Å². The quantitative estimate of drug-likeness (QED) is 0.913. The van der Waals surface area contributed by atoms with Gasteiger partial charge >= 0.3 is 0 Å². The zero-order chi connectivity index (χ0) is 12.5. The summed E-state index contributed by atoms with van der Waals surface area (Å²) in [5, 5.41) is 0. The monoisotopic (exact) mass is 278 g/mol. The van der Waals surface area contributed by atoms with Gasteiger partial charge in [-0.1, -0.05) is 29.8 Å². The van der Waals surface area contributed by atoms with Gasteiger partial charge in [0, 0.05) is 23.2 Å². The smallest absolute Gasteiger partial charge is 0.0931 e. The molecule has 18 heavy (non-hydrogen) atoms. The summed E-state index contributed by atoms with van der Waals surface area (Å²) in [4.78, 5) is 3.63. The molecular weight excluding hydrogens is 264 g/mol. The average Bonchev–Trinajstić information content (AvgIpc) is 2.74. The standard InChI is InChI=1S/C14H15ClN2S/c15-14-6-5-12(18-14)9-17-8-11(16)7-10-3-1-2-4-13(10)17/h1-6,11H,7-9,16H2. The second-order valence-corrected chi connectivity index (χ2v) is 6.48. The lowest BCUT2D eigenvalue weighted by atomic mass is 9.98. The van der Waals surface area contributed by atoms with E-state index in [2.05, 4.69) is 35.2 Å². The van der Waals surface area contributed by atoms with E-state index in [-0.39, 0.29) is 6.04 Å². The predicted octanol–water partition coefficient (Wildman–Crippen LogP) is 3.29. The van der Waals surface area contributed by atoms with Gasteiger partial charge in [0.2, 0.25) is 0 Å². The van der Waals surface area contributed by atoms with Crippen LogP contribution in [0.3, 0.4) is 0 Å². The fraction of sp³-hybridized carbons (Fsp3) is 0.286. The van der Waals surface area contributed by atoms with Gasteiger partial charge in [-0.05, 0) is 30.2 Å². The van der Waals surface area contributed by atoms with Crippen LogP contribution < -0.4 is 10.6 Å². The molecule has 2 aromatic rings. The SMILES string of the molecule is NC1Cc2ccccc2N(Cc2ccc(Cl)s2)C1. The maximum atomic E-state index is 6.13. The topological polar surface area (TPSA) is 29.3 Å². The Morgan fingerprint density at radius 3 is 2.89 bits per heavy atom. The van der Waals surface area contributed by atoms with Crippen molar-refractivity contribution in [2.45, 2.75) is 19.0 Å². The van der Waals surface area contributed by atoms with E-state index in [0.29, 0.717) is 0 Å². The van der Waals surface area contributed by atoms with Crippen molar-refractivity contribution in [2.24, 2.45) is 5.73 Å². The molecule has 94 valence electrons. The molecular formula is C14H15ClN2S. The first-order valence-electron chi connectivity index (χ1n) is 6.05. The lowest BCUT2D eigenvalue weighted by Gasteiger charge is -2.34. The van der Waals surface area contributed by atoms with E-state index in [1.54, 1.807) is 11.3 Å². The Kier molecular flexibility index (Phi) is 3.29. The van der Waals surface area contributed by atoms with Gasteiger partial charge in [0.15, 0.2) is 0 Å². The molecule has 1 unspecified atom stereocenters. The molecule has 0 aliphatic carbocycles. The van der Waals surface area contributed by atoms with Crippen molar-refractivity contribution in [2.75, 3.05) is 11.4 Å². The number of anilines is 1. The summed E-state index contributed by atoms with van der Waals surface area (Å²) < 4.78 is 0.847. The average molecular weight is 279 g/mol. The van der Waals surface area contributed by atoms with Crippen molar-refractivity contribution in [3.8, 4) is 0 Å². The Morgan fingerprint density at radius 1 is 1.28 bits per heavy atom. The summed E-state index contributed by atoms with van der Waals surface area (Å²) >= 11 is 7.62. The number of nitrogens with two attached hydrogens (primary N) is 1. The Balaban J connectivity index is 1.88. The van der Waals surface area contributed by atoms with E-state index in [0.717, 1.165) is 23.8 Å². The molecule has 3 rings (SSSR count). The van der Waals surface area contributed by atoms with Crippen LogP contribution >= 0.6 is 22.9 Å². The fourth-order valence-corrected chi connectivity index (χ4v) is 3.60. The first-order valence-corrected chi connectivity index (χ1v) is 7.24. The lowest BCUT2D eigenvalue weighted by molar-refractivity contribution is 0.600. The molecule has 1 aliphatic heterocycles. The van der Waals surface area contributed by atoms with E-state index >= 15 is 0 Å². The molecule has 0 amide bonds. The largest absolute Gasteiger partial charge is 0.365 e. The van der Waals surface area contributed by atoms with Gasteiger partial charge in [0.05, 0.1) is 10.9 Å². The van der Waals surface area contributed by atoms with Crippen LogP contribution in [-0.4, -0.2) is 12.6 Å². The van der Waals surface area contributed by atoms with Crippen LogP contribution in [0.4, 0.5) is 5.69 Å². The van der Waals surface area contributed by atoms with E-state index in [9.17, 15) is 0 Å². The van der Waals surface area contributed by atoms with Gasteiger partial charge in [0.1, 0.15) is 0 Å². The fourth-order valence-electron chi connectivity index (χ4n) is 2.49. The van der Waals surface area contributed by atoms with Gasteiger partial charge in [0.25, 0.3) is 0 Å². The molecule has 4 heteroatoms. The predicted molar refractivity (Wildman–Crippen MR) is 78.5 cm³/mol. The maximum absolute atomic E-state index is 6.13. The third-order valence-corrected chi connectivity index (χ3v) is 4.46. The number of hydrogen-bond acceptors (Lipinski definition) is 3. The Labute approximate surface area is 116 Å². The van der Waals surface area contributed by atoms with Crippen LogP contribution in [0.5, 0.6) is 0 Å². The highest BCUT2D eigenvalue weighted by atomic mass is 35.5. The molecule has 0 saturated heterocycles. The lowest BCUT2D eigenvalue weighted by Crippen LogP contribution is -2.42. The van der Waals surface area contributed by atoms with Crippen LogP contribution in [0.1, 0.15) is 10.4 Å². The summed E-state index contributed by atoms with van der Waals surface area (Å²) in [6.07, 6.45) is 0.970. The zero-order valence-electron chi connectivity index (χ0n) is 9.97. The number of para-hydroxylation sites is 1. The number of thiophene rings is 1. The van der Waals surface area contributed by atoms with Gasteiger partial charge < -0.3 is 10.6 Å². The summed E-state index contributed by atoms with van der Waals surface area (Å²) in [5.41, 5.74) is 8.79. The second kappa shape index (κ2) is 4.92. The number of benzene rings is 1. The van der Waals surface area contributed by atoms with E-state index in [4.69, 9.17) is 17.3 Å². The molecule has 0 radical (unpaired) electrons. The first-order chi connectivity index (χ1) is 8.72. The van der Waals surface area contributed by atoms with Gasteiger partial charge in [-0.3, -0.25) is 0 Å². The minimum absolute atomic E-state index is 0.218. The Morgan fingerprint density at radius 2 is 2.11 bits per heavy atom. The molecule has 0 fully saturated rings. The van der Waals surface area contributed by atoms with Crippen LogP contribution in [0.25, 0.3) is 0 Å². The molecule has 2 nitrogen and oxygen atoms in total. The highest BCUT2D eigenvalue weighted by Gasteiger charge is 2.21. The van der Waals surface area contributed by atoms with E-state index in [1.165, 1.54) is 16.1 Å². The number of nitrogens with zero attached hydrogens (tertiary/aromatic N) is 1. The summed E-state index contributed by atoms with van der Waals surface area (Å²) in [7, 11) is 0. The molecule has 1 aromatic heterocycles. The number of halogens is 1. The second-order valence-electron chi connectivity index (χ2n) is 4.68. The van der Waals surface area contributed by atoms with E-state index in [1.807, 2.05) is 6.07 Å². The van der Waals surface area contributed by atoms with Crippen molar-refractivity contribution < 1.29 is 0 Å². The zero-order valence-corrected chi connectivity index (χ0v) is 11.5. The van der Waals surface area contributed by atoms with Crippen LogP contribution in [0.2, 0.25) is 4.34 Å². The highest BCUT2D eigenvalue weighted by molar-refractivity contribution is 7.16. The molecule has 2 heterocycles. The van der Waals surface area contributed by atoms with E-state index < -0.39 is 0 Å². The van der Waals surface area contributed by atoms with Gasteiger partial charge in [-0.15, -0.1) is 11.3 Å². The minimum Gasteiger partial charge on any atom is -0.365 e. The van der Waals surface area contributed by atoms with Crippen LogP contribution in [0, 0.1) is 0 Å². The number of hydrogen-bond donors (Lipinski definition) is 1. The highest BCUT2D eigenvalue weighted by Crippen LogP contribution is 2.30.